The fourth-order valence-corrected chi connectivity index (χ4v) is 3.27. The van der Waals surface area contributed by atoms with Crippen LogP contribution in [0.2, 0.25) is 5.02 Å². The summed E-state index contributed by atoms with van der Waals surface area (Å²) in [5, 5.41) is 9.65. The lowest BCUT2D eigenvalue weighted by molar-refractivity contribution is -0.128. The van der Waals surface area contributed by atoms with Gasteiger partial charge in [-0.15, -0.1) is 10.2 Å². The van der Waals surface area contributed by atoms with Crippen LogP contribution in [0.4, 0.5) is 0 Å². The number of nitrogens with zero attached hydrogens (tertiary/aromatic N) is 3. The van der Waals surface area contributed by atoms with Crippen LogP contribution >= 0.6 is 11.6 Å². The lowest BCUT2D eigenvalue weighted by Crippen LogP contribution is -2.35. The molecule has 2 heterocycles. The van der Waals surface area contributed by atoms with E-state index in [1.54, 1.807) is 23.1 Å². The summed E-state index contributed by atoms with van der Waals surface area (Å²) in [4.78, 5) is 14.4. The highest BCUT2D eigenvalue weighted by molar-refractivity contribution is 6.33. The molecule has 0 bridgehead atoms. The van der Waals surface area contributed by atoms with Gasteiger partial charge in [-0.05, 0) is 44.2 Å². The van der Waals surface area contributed by atoms with E-state index in [4.69, 9.17) is 20.4 Å². The lowest BCUT2D eigenvalue weighted by atomic mass is 10.2. The molecule has 0 fully saturated rings. The molecule has 4 aromatic rings. The first kappa shape index (κ1) is 19.9. The second kappa shape index (κ2) is 8.55. The van der Waals surface area contributed by atoms with Crippen LogP contribution in [0.25, 0.3) is 28.5 Å². The first-order valence-electron chi connectivity index (χ1n) is 9.56. The first-order chi connectivity index (χ1) is 14.5. The highest BCUT2D eigenvalue weighted by Crippen LogP contribution is 2.26. The SMILES string of the molecule is CC(C)N(Cc1nnc(-c2ccccc2Cl)o1)C(=O)/C=C/c1cc2ccccc2o1. The van der Waals surface area contributed by atoms with Crippen molar-refractivity contribution in [1.82, 2.24) is 15.1 Å². The summed E-state index contributed by atoms with van der Waals surface area (Å²) in [6, 6.07) is 16.8. The van der Waals surface area contributed by atoms with Crippen LogP contribution in [0.3, 0.4) is 0 Å². The molecule has 0 spiro atoms. The quantitative estimate of drug-likeness (QED) is 0.379. The minimum Gasteiger partial charge on any atom is -0.457 e. The molecule has 0 aliphatic rings. The Balaban J connectivity index is 1.50. The van der Waals surface area contributed by atoms with E-state index in [1.807, 2.05) is 56.3 Å². The minimum atomic E-state index is -0.178. The van der Waals surface area contributed by atoms with Crippen LogP contribution < -0.4 is 0 Å². The van der Waals surface area contributed by atoms with Gasteiger partial charge in [0.2, 0.25) is 17.7 Å². The van der Waals surface area contributed by atoms with Crippen molar-refractivity contribution in [1.29, 1.82) is 0 Å². The van der Waals surface area contributed by atoms with Crippen LogP contribution in [0.15, 0.2) is 69.5 Å². The summed E-state index contributed by atoms with van der Waals surface area (Å²) < 4.78 is 11.5. The van der Waals surface area contributed by atoms with Crippen LogP contribution in [-0.2, 0) is 11.3 Å². The predicted octanol–water partition coefficient (Wildman–Crippen LogP) is 5.59. The molecule has 4 rings (SSSR count). The van der Waals surface area contributed by atoms with Crippen LogP contribution in [0.1, 0.15) is 25.5 Å². The number of rotatable bonds is 6. The molecule has 152 valence electrons. The number of benzene rings is 2. The van der Waals surface area contributed by atoms with Crippen LogP contribution in [-0.4, -0.2) is 27.0 Å². The Morgan fingerprint density at radius 2 is 1.87 bits per heavy atom. The Morgan fingerprint density at radius 1 is 1.10 bits per heavy atom. The zero-order chi connectivity index (χ0) is 21.1. The number of hydrogen-bond acceptors (Lipinski definition) is 5. The van der Waals surface area contributed by atoms with E-state index in [1.165, 1.54) is 6.08 Å². The second-order valence-corrected chi connectivity index (χ2v) is 7.47. The molecule has 0 aliphatic heterocycles. The van der Waals surface area contributed by atoms with Gasteiger partial charge in [-0.3, -0.25) is 4.79 Å². The summed E-state index contributed by atoms with van der Waals surface area (Å²) >= 11 is 6.19. The van der Waals surface area contributed by atoms with Crippen molar-refractivity contribution in [2.24, 2.45) is 0 Å². The van der Waals surface area contributed by atoms with Crippen molar-refractivity contribution in [2.45, 2.75) is 26.4 Å². The number of amides is 1. The monoisotopic (exact) mass is 421 g/mol. The van der Waals surface area contributed by atoms with Crippen molar-refractivity contribution in [3.63, 3.8) is 0 Å². The first-order valence-corrected chi connectivity index (χ1v) is 9.93. The molecule has 2 aromatic carbocycles. The number of carbonyl (C=O) groups is 1. The number of halogens is 1. The zero-order valence-corrected chi connectivity index (χ0v) is 17.3. The molecule has 6 nitrogen and oxygen atoms in total. The molecule has 0 unspecified atom stereocenters. The summed E-state index contributed by atoms with van der Waals surface area (Å²) in [5.41, 5.74) is 1.44. The zero-order valence-electron chi connectivity index (χ0n) is 16.6. The van der Waals surface area contributed by atoms with Crippen molar-refractivity contribution in [3.05, 3.63) is 77.3 Å². The third-order valence-electron chi connectivity index (χ3n) is 4.62. The predicted molar refractivity (Wildman–Crippen MR) is 116 cm³/mol. The smallest absolute Gasteiger partial charge is 0.249 e. The van der Waals surface area contributed by atoms with Gasteiger partial charge in [0.05, 0.1) is 17.1 Å². The fourth-order valence-electron chi connectivity index (χ4n) is 3.06. The van der Waals surface area contributed by atoms with Crippen molar-refractivity contribution >= 4 is 34.6 Å². The van der Waals surface area contributed by atoms with E-state index in [2.05, 4.69) is 10.2 Å². The number of fused-ring (bicyclic) bond motifs is 1. The third-order valence-corrected chi connectivity index (χ3v) is 4.95. The molecule has 0 N–H and O–H groups in total. The maximum absolute atomic E-state index is 12.8. The largest absolute Gasteiger partial charge is 0.457 e. The molecule has 7 heteroatoms. The summed E-state index contributed by atoms with van der Waals surface area (Å²) in [7, 11) is 0. The van der Waals surface area contributed by atoms with E-state index in [0.717, 1.165) is 11.0 Å². The number of aromatic nitrogens is 2. The summed E-state index contributed by atoms with van der Waals surface area (Å²) in [6.45, 7) is 4.05. The minimum absolute atomic E-state index is 0.0616. The van der Waals surface area contributed by atoms with Crippen LogP contribution in [0.5, 0.6) is 0 Å². The summed E-state index contributed by atoms with van der Waals surface area (Å²) in [5.74, 6) is 1.10. The lowest BCUT2D eigenvalue weighted by Gasteiger charge is -2.23. The fraction of sp³-hybridized carbons (Fsp3) is 0.174. The molecule has 0 radical (unpaired) electrons. The van der Waals surface area contributed by atoms with Gasteiger partial charge in [0.15, 0.2) is 0 Å². The third kappa shape index (κ3) is 4.28. The van der Waals surface area contributed by atoms with Crippen molar-refractivity contribution < 1.29 is 13.6 Å². The van der Waals surface area contributed by atoms with E-state index >= 15 is 0 Å². The highest BCUT2D eigenvalue weighted by Gasteiger charge is 2.19. The Kier molecular flexibility index (Phi) is 5.68. The Bertz CT molecular complexity index is 1180. The maximum Gasteiger partial charge on any atom is 0.249 e. The van der Waals surface area contributed by atoms with E-state index in [-0.39, 0.29) is 18.5 Å². The number of para-hydroxylation sites is 1. The van der Waals surface area contributed by atoms with Gasteiger partial charge in [-0.1, -0.05) is 41.9 Å². The second-order valence-electron chi connectivity index (χ2n) is 7.06. The van der Waals surface area contributed by atoms with Crippen LogP contribution in [0, 0.1) is 0 Å². The summed E-state index contributed by atoms with van der Waals surface area (Å²) in [6.07, 6.45) is 3.16. The van der Waals surface area contributed by atoms with Crippen molar-refractivity contribution in [2.75, 3.05) is 0 Å². The molecular weight excluding hydrogens is 402 g/mol. The Labute approximate surface area is 178 Å². The number of carbonyl (C=O) groups excluding carboxylic acids is 1. The Hall–Kier alpha value is -3.38. The van der Waals surface area contributed by atoms with E-state index in [9.17, 15) is 4.79 Å². The van der Waals surface area contributed by atoms with Gasteiger partial charge in [-0.25, -0.2) is 0 Å². The van der Waals surface area contributed by atoms with E-state index < -0.39 is 0 Å². The molecule has 1 amide bonds. The van der Waals surface area contributed by atoms with Gasteiger partial charge in [0, 0.05) is 17.5 Å². The number of furan rings is 1. The molecule has 0 saturated heterocycles. The average molecular weight is 422 g/mol. The topological polar surface area (TPSA) is 72.4 Å². The molecule has 0 atom stereocenters. The van der Waals surface area contributed by atoms with Gasteiger partial charge in [-0.2, -0.15) is 0 Å². The van der Waals surface area contributed by atoms with Gasteiger partial charge >= 0.3 is 0 Å². The molecule has 0 saturated carbocycles. The molecular formula is C23H20ClN3O3. The molecule has 0 aliphatic carbocycles. The van der Waals surface area contributed by atoms with Gasteiger partial charge in [0.25, 0.3) is 0 Å². The highest BCUT2D eigenvalue weighted by atomic mass is 35.5. The Morgan fingerprint density at radius 3 is 2.63 bits per heavy atom. The standard InChI is InChI=1S/C23H20ClN3O3/c1-15(2)27(14-21-25-26-23(30-21)18-8-4-5-9-19(18)24)22(28)12-11-17-13-16-7-3-6-10-20(16)29-17/h3-13,15H,14H2,1-2H3/b12-11+. The van der Waals surface area contributed by atoms with Crippen molar-refractivity contribution in [3.8, 4) is 11.5 Å². The molecule has 30 heavy (non-hydrogen) atoms. The maximum atomic E-state index is 12.8. The van der Waals surface area contributed by atoms with Gasteiger partial charge < -0.3 is 13.7 Å². The van der Waals surface area contributed by atoms with Gasteiger partial charge in [0.1, 0.15) is 11.3 Å². The molecule has 2 aromatic heterocycles. The average Bonchev–Trinajstić information content (AvgIpc) is 3.37. The normalized spacial score (nSPS) is 11.6. The van der Waals surface area contributed by atoms with E-state index in [0.29, 0.717) is 28.1 Å². The number of hydrogen-bond donors (Lipinski definition) is 0.